The van der Waals surface area contributed by atoms with E-state index in [-0.39, 0.29) is 22.9 Å². The molecule has 1 aliphatic rings. The van der Waals surface area contributed by atoms with Gasteiger partial charge in [0.05, 0.1) is 0 Å². The second-order valence-corrected chi connectivity index (χ2v) is 8.11. The lowest BCUT2D eigenvalue weighted by Gasteiger charge is -2.35. The van der Waals surface area contributed by atoms with E-state index in [9.17, 15) is 9.59 Å². The maximum atomic E-state index is 13.0. The minimum absolute atomic E-state index is 0.0823. The van der Waals surface area contributed by atoms with Gasteiger partial charge in [-0.05, 0) is 30.7 Å². The zero-order valence-electron chi connectivity index (χ0n) is 16.8. The van der Waals surface area contributed by atoms with Crippen LogP contribution in [-0.2, 0) is 23.8 Å². The fraction of sp³-hybridized carbons (Fsp3) is 0.571. The van der Waals surface area contributed by atoms with Crippen LogP contribution in [0, 0.1) is 0 Å². The molecule has 6 heteroatoms. The van der Waals surface area contributed by atoms with Gasteiger partial charge in [-0.25, -0.2) is 9.48 Å². The van der Waals surface area contributed by atoms with Crippen molar-refractivity contribution in [3.05, 3.63) is 52.2 Å². The molecule has 0 radical (unpaired) electrons. The summed E-state index contributed by atoms with van der Waals surface area (Å²) >= 11 is 0. The molecule has 1 aliphatic heterocycles. The predicted molar refractivity (Wildman–Crippen MR) is 106 cm³/mol. The summed E-state index contributed by atoms with van der Waals surface area (Å²) in [5.74, 6) is 1.11. The average molecular weight is 370 g/mol. The second-order valence-electron chi connectivity index (χ2n) is 8.11. The van der Waals surface area contributed by atoms with Gasteiger partial charge in [0, 0.05) is 39.0 Å². The van der Waals surface area contributed by atoms with Crippen LogP contribution >= 0.6 is 0 Å². The Labute approximate surface area is 160 Å². The summed E-state index contributed by atoms with van der Waals surface area (Å²) in [6.45, 7) is 8.22. The van der Waals surface area contributed by atoms with Crippen LogP contribution in [0.1, 0.15) is 57.3 Å². The van der Waals surface area contributed by atoms with E-state index >= 15 is 0 Å². The van der Waals surface area contributed by atoms with Crippen LogP contribution in [0.4, 0.5) is 0 Å². The van der Waals surface area contributed by atoms with Gasteiger partial charge in [-0.1, -0.05) is 44.2 Å². The van der Waals surface area contributed by atoms with Crippen LogP contribution in [0.15, 0.2) is 35.1 Å². The van der Waals surface area contributed by atoms with Gasteiger partial charge in [-0.15, -0.1) is 0 Å². The van der Waals surface area contributed by atoms with Crippen molar-refractivity contribution in [2.24, 2.45) is 7.05 Å². The zero-order valence-corrected chi connectivity index (χ0v) is 16.8. The maximum absolute atomic E-state index is 13.0. The van der Waals surface area contributed by atoms with Crippen molar-refractivity contribution < 1.29 is 4.79 Å². The molecule has 0 aliphatic carbocycles. The van der Waals surface area contributed by atoms with E-state index in [1.807, 2.05) is 30.0 Å². The number of aryl methyl sites for hydroxylation is 1. The van der Waals surface area contributed by atoms with Crippen molar-refractivity contribution in [2.45, 2.75) is 57.9 Å². The fourth-order valence-corrected chi connectivity index (χ4v) is 4.02. The minimum atomic E-state index is -0.207. The number of benzene rings is 1. The van der Waals surface area contributed by atoms with E-state index in [1.54, 1.807) is 11.6 Å². The first-order valence-corrected chi connectivity index (χ1v) is 9.80. The number of carbonyl (C=O) groups is 1. The Kier molecular flexibility index (Phi) is 5.53. The molecule has 27 heavy (non-hydrogen) atoms. The number of carbonyl (C=O) groups excluding carboxylic acids is 1. The first-order chi connectivity index (χ1) is 12.8. The summed E-state index contributed by atoms with van der Waals surface area (Å²) in [6, 6.07) is 10.2. The Morgan fingerprint density at radius 2 is 1.96 bits per heavy atom. The highest BCUT2D eigenvalue weighted by atomic mass is 16.2. The van der Waals surface area contributed by atoms with Gasteiger partial charge < -0.3 is 4.90 Å². The monoisotopic (exact) mass is 370 g/mol. The van der Waals surface area contributed by atoms with Crippen molar-refractivity contribution in [1.29, 1.82) is 0 Å². The van der Waals surface area contributed by atoms with E-state index in [0.717, 1.165) is 25.2 Å². The first-order valence-electron chi connectivity index (χ1n) is 9.80. The highest BCUT2D eigenvalue weighted by Gasteiger charge is 2.32. The molecule has 6 nitrogen and oxygen atoms in total. The lowest BCUT2D eigenvalue weighted by molar-refractivity contribution is -0.133. The standard InChI is InChI=1S/C21H30N4O2/c1-5-25-19(22-23(4)20(25)27)16-10-9-13-24(15-16)18(26)14-21(2,3)17-11-7-6-8-12-17/h6-8,11-12,16H,5,9-10,13-15H2,1-4H3. The summed E-state index contributed by atoms with van der Waals surface area (Å²) in [4.78, 5) is 27.2. The van der Waals surface area contributed by atoms with Gasteiger partial charge in [-0.2, -0.15) is 5.10 Å². The molecule has 1 amide bonds. The van der Waals surface area contributed by atoms with E-state index < -0.39 is 0 Å². The molecule has 2 aromatic rings. The van der Waals surface area contributed by atoms with Crippen molar-refractivity contribution in [2.75, 3.05) is 13.1 Å². The number of rotatable bonds is 5. The minimum Gasteiger partial charge on any atom is -0.342 e. The number of hydrogen-bond acceptors (Lipinski definition) is 3. The molecule has 0 bridgehead atoms. The third-order valence-electron chi connectivity index (χ3n) is 5.64. The number of nitrogens with zero attached hydrogens (tertiary/aromatic N) is 4. The summed E-state index contributed by atoms with van der Waals surface area (Å²) in [5, 5.41) is 4.45. The summed E-state index contributed by atoms with van der Waals surface area (Å²) in [7, 11) is 1.69. The average Bonchev–Trinajstić information content (AvgIpc) is 2.96. The van der Waals surface area contributed by atoms with Gasteiger partial charge in [0.25, 0.3) is 0 Å². The molecule has 1 atom stereocenters. The fourth-order valence-electron chi connectivity index (χ4n) is 4.02. The Morgan fingerprint density at radius 1 is 1.26 bits per heavy atom. The van der Waals surface area contributed by atoms with Gasteiger partial charge in [0.1, 0.15) is 5.82 Å². The largest absolute Gasteiger partial charge is 0.345 e. The third-order valence-corrected chi connectivity index (χ3v) is 5.64. The quantitative estimate of drug-likeness (QED) is 0.813. The van der Waals surface area contributed by atoms with Gasteiger partial charge >= 0.3 is 5.69 Å². The molecule has 1 aromatic carbocycles. The number of amides is 1. The van der Waals surface area contributed by atoms with E-state index in [0.29, 0.717) is 19.5 Å². The molecule has 0 saturated carbocycles. The summed E-state index contributed by atoms with van der Waals surface area (Å²) < 4.78 is 3.13. The van der Waals surface area contributed by atoms with Crippen LogP contribution in [0.25, 0.3) is 0 Å². The third kappa shape index (κ3) is 3.99. The lowest BCUT2D eigenvalue weighted by Crippen LogP contribution is -2.42. The molecule has 1 aromatic heterocycles. The van der Waals surface area contributed by atoms with E-state index in [4.69, 9.17) is 0 Å². The number of likely N-dealkylation sites (tertiary alicyclic amines) is 1. The molecular weight excluding hydrogens is 340 g/mol. The van der Waals surface area contributed by atoms with E-state index in [1.165, 1.54) is 10.2 Å². The van der Waals surface area contributed by atoms with Crippen molar-refractivity contribution in [3.63, 3.8) is 0 Å². The predicted octanol–water partition coefficient (Wildman–Crippen LogP) is 2.68. The molecule has 3 rings (SSSR count). The van der Waals surface area contributed by atoms with Crippen LogP contribution in [0.5, 0.6) is 0 Å². The van der Waals surface area contributed by atoms with E-state index in [2.05, 4.69) is 31.1 Å². The molecule has 1 unspecified atom stereocenters. The number of piperidine rings is 1. The molecule has 1 saturated heterocycles. The maximum Gasteiger partial charge on any atom is 0.345 e. The Balaban J connectivity index is 1.74. The highest BCUT2D eigenvalue weighted by molar-refractivity contribution is 5.78. The second kappa shape index (κ2) is 7.71. The topological polar surface area (TPSA) is 60.1 Å². The number of hydrogen-bond donors (Lipinski definition) is 0. The van der Waals surface area contributed by atoms with Crippen LogP contribution in [-0.4, -0.2) is 38.2 Å². The molecule has 1 fully saturated rings. The first kappa shape index (κ1) is 19.4. The van der Waals surface area contributed by atoms with Gasteiger partial charge in [0.15, 0.2) is 0 Å². The summed E-state index contributed by atoms with van der Waals surface area (Å²) in [5.41, 5.74) is 0.888. The Morgan fingerprint density at radius 3 is 2.63 bits per heavy atom. The lowest BCUT2D eigenvalue weighted by atomic mass is 9.81. The van der Waals surface area contributed by atoms with Crippen LogP contribution < -0.4 is 5.69 Å². The van der Waals surface area contributed by atoms with Crippen LogP contribution in [0.3, 0.4) is 0 Å². The van der Waals surface area contributed by atoms with Gasteiger partial charge in [-0.3, -0.25) is 9.36 Å². The SMILES string of the molecule is CCn1c(C2CCCN(C(=O)CC(C)(C)c3ccccc3)C2)nn(C)c1=O. The van der Waals surface area contributed by atoms with Crippen molar-refractivity contribution >= 4 is 5.91 Å². The van der Waals surface area contributed by atoms with Crippen molar-refractivity contribution in [1.82, 2.24) is 19.2 Å². The van der Waals surface area contributed by atoms with Crippen molar-refractivity contribution in [3.8, 4) is 0 Å². The molecule has 2 heterocycles. The van der Waals surface area contributed by atoms with Gasteiger partial charge in [0.2, 0.25) is 5.91 Å². The normalized spacial score (nSPS) is 17.9. The molecule has 0 spiro atoms. The molecular formula is C21H30N4O2. The Hall–Kier alpha value is -2.37. The molecule has 0 N–H and O–H groups in total. The summed E-state index contributed by atoms with van der Waals surface area (Å²) in [6.07, 6.45) is 2.38. The number of aromatic nitrogens is 3. The molecule has 146 valence electrons. The smallest absolute Gasteiger partial charge is 0.342 e. The Bertz CT molecular complexity index is 851. The van der Waals surface area contributed by atoms with Crippen LogP contribution in [0.2, 0.25) is 0 Å². The zero-order chi connectivity index (χ0) is 19.6. The highest BCUT2D eigenvalue weighted by Crippen LogP contribution is 2.30.